The first kappa shape index (κ1) is 12.0. The van der Waals surface area contributed by atoms with Crippen LogP contribution in [0, 0.1) is 17.0 Å². The number of nitrogens with two attached hydrogens (primary N) is 2. The predicted molar refractivity (Wildman–Crippen MR) is 61.9 cm³/mol. The summed E-state index contributed by atoms with van der Waals surface area (Å²) < 4.78 is 0. The third-order valence-electron chi connectivity index (χ3n) is 1.95. The average molecular weight is 222 g/mol. The number of hydrogen-bond acceptors (Lipinski definition) is 5. The molecule has 4 N–H and O–H groups in total. The molecule has 0 aliphatic heterocycles. The molecule has 1 rings (SSSR count). The molecule has 6 nitrogen and oxygen atoms in total. The second-order valence-corrected chi connectivity index (χ2v) is 3.56. The van der Waals surface area contributed by atoms with Crippen LogP contribution < -0.4 is 11.6 Å². The van der Waals surface area contributed by atoms with Crippen molar-refractivity contribution in [2.75, 3.05) is 7.05 Å². The highest BCUT2D eigenvalue weighted by Crippen LogP contribution is 2.20. The summed E-state index contributed by atoms with van der Waals surface area (Å²) in [5.41, 5.74) is 7.52. The van der Waals surface area contributed by atoms with Gasteiger partial charge in [0.15, 0.2) is 0 Å². The van der Waals surface area contributed by atoms with Crippen LogP contribution in [0.2, 0.25) is 0 Å². The van der Waals surface area contributed by atoms with Crippen LogP contribution in [0.25, 0.3) is 5.70 Å². The number of benzene rings is 1. The van der Waals surface area contributed by atoms with Crippen molar-refractivity contribution >= 4 is 11.4 Å². The van der Waals surface area contributed by atoms with Gasteiger partial charge in [0.05, 0.1) is 10.6 Å². The lowest BCUT2D eigenvalue weighted by Crippen LogP contribution is -2.20. The largest absolute Gasteiger partial charge is 0.397 e. The van der Waals surface area contributed by atoms with Crippen molar-refractivity contribution < 1.29 is 4.92 Å². The maximum Gasteiger partial charge on any atom is 0.270 e. The SMILES string of the molecule is Cc1cc(/C(N)=C/N(C)N)cc([N+](=O)[O-])c1. The first-order chi connectivity index (χ1) is 7.40. The molecule has 0 bridgehead atoms. The van der Waals surface area contributed by atoms with E-state index in [1.54, 1.807) is 20.0 Å². The molecule has 0 atom stereocenters. The van der Waals surface area contributed by atoms with Crippen LogP contribution in [-0.2, 0) is 0 Å². The molecule has 0 saturated heterocycles. The fourth-order valence-electron chi connectivity index (χ4n) is 1.33. The van der Waals surface area contributed by atoms with Crippen molar-refractivity contribution in [2.24, 2.45) is 11.6 Å². The van der Waals surface area contributed by atoms with E-state index in [4.69, 9.17) is 11.6 Å². The molecular formula is C10H14N4O2. The van der Waals surface area contributed by atoms with Crippen LogP contribution in [0.1, 0.15) is 11.1 Å². The minimum absolute atomic E-state index is 0.0195. The molecule has 16 heavy (non-hydrogen) atoms. The second kappa shape index (κ2) is 4.63. The van der Waals surface area contributed by atoms with Crippen LogP contribution >= 0.6 is 0 Å². The van der Waals surface area contributed by atoms with E-state index in [1.807, 2.05) is 0 Å². The lowest BCUT2D eigenvalue weighted by molar-refractivity contribution is -0.384. The Balaban J connectivity index is 3.19. The van der Waals surface area contributed by atoms with E-state index in [0.29, 0.717) is 11.3 Å². The van der Waals surface area contributed by atoms with Crippen molar-refractivity contribution in [1.29, 1.82) is 0 Å². The first-order valence-corrected chi connectivity index (χ1v) is 4.61. The molecule has 0 unspecified atom stereocenters. The summed E-state index contributed by atoms with van der Waals surface area (Å²) in [6, 6.07) is 4.67. The highest BCUT2D eigenvalue weighted by atomic mass is 16.6. The molecule has 0 radical (unpaired) electrons. The fourth-order valence-corrected chi connectivity index (χ4v) is 1.33. The van der Waals surface area contributed by atoms with E-state index in [-0.39, 0.29) is 5.69 Å². The molecule has 0 fully saturated rings. The quantitative estimate of drug-likeness (QED) is 0.451. The van der Waals surface area contributed by atoms with Gasteiger partial charge in [-0.3, -0.25) is 10.1 Å². The van der Waals surface area contributed by atoms with Crippen LogP contribution in [0.5, 0.6) is 0 Å². The Kier molecular flexibility index (Phi) is 3.47. The van der Waals surface area contributed by atoms with Crippen molar-refractivity contribution in [2.45, 2.75) is 6.92 Å². The molecule has 1 aromatic carbocycles. The normalized spacial score (nSPS) is 11.3. The van der Waals surface area contributed by atoms with E-state index < -0.39 is 4.92 Å². The Labute approximate surface area is 93.3 Å². The molecule has 0 amide bonds. The Morgan fingerprint density at radius 3 is 2.62 bits per heavy atom. The smallest absolute Gasteiger partial charge is 0.270 e. The molecule has 0 saturated carbocycles. The summed E-state index contributed by atoms with van der Waals surface area (Å²) in [6.45, 7) is 1.77. The number of rotatable bonds is 3. The van der Waals surface area contributed by atoms with Gasteiger partial charge in [0.2, 0.25) is 0 Å². The number of hydrazine groups is 1. The zero-order valence-corrected chi connectivity index (χ0v) is 9.18. The summed E-state index contributed by atoms with van der Waals surface area (Å²) in [5, 5.41) is 12.0. The molecule has 86 valence electrons. The van der Waals surface area contributed by atoms with E-state index in [2.05, 4.69) is 0 Å². The molecule has 0 spiro atoms. The summed E-state index contributed by atoms with van der Waals surface area (Å²) in [4.78, 5) is 10.2. The van der Waals surface area contributed by atoms with E-state index in [9.17, 15) is 10.1 Å². The minimum Gasteiger partial charge on any atom is -0.397 e. The van der Waals surface area contributed by atoms with Gasteiger partial charge >= 0.3 is 0 Å². The van der Waals surface area contributed by atoms with Gasteiger partial charge in [0, 0.05) is 30.9 Å². The molecule has 0 aliphatic carbocycles. The molecular weight excluding hydrogens is 208 g/mol. The van der Waals surface area contributed by atoms with Crippen LogP contribution in [0.3, 0.4) is 0 Å². The van der Waals surface area contributed by atoms with Gasteiger partial charge in [-0.1, -0.05) is 0 Å². The lowest BCUT2D eigenvalue weighted by Gasteiger charge is -2.08. The Morgan fingerprint density at radius 2 is 2.12 bits per heavy atom. The third-order valence-corrected chi connectivity index (χ3v) is 1.95. The highest BCUT2D eigenvalue weighted by Gasteiger charge is 2.09. The van der Waals surface area contributed by atoms with Gasteiger partial charge < -0.3 is 10.7 Å². The maximum absolute atomic E-state index is 10.7. The van der Waals surface area contributed by atoms with Crippen molar-refractivity contribution in [3.05, 3.63) is 45.6 Å². The highest BCUT2D eigenvalue weighted by molar-refractivity contribution is 5.65. The van der Waals surface area contributed by atoms with E-state index in [0.717, 1.165) is 5.56 Å². The third kappa shape index (κ3) is 2.96. The predicted octanol–water partition coefficient (Wildman–Crippen LogP) is 0.966. The number of hydrogen-bond donors (Lipinski definition) is 2. The molecule has 0 aromatic heterocycles. The van der Waals surface area contributed by atoms with Gasteiger partial charge in [-0.25, -0.2) is 5.84 Å². The second-order valence-electron chi connectivity index (χ2n) is 3.56. The molecule has 1 aromatic rings. The average Bonchev–Trinajstić information content (AvgIpc) is 2.15. The van der Waals surface area contributed by atoms with Gasteiger partial charge in [0.1, 0.15) is 0 Å². The van der Waals surface area contributed by atoms with E-state index in [1.165, 1.54) is 23.3 Å². The maximum atomic E-state index is 10.7. The van der Waals surface area contributed by atoms with Crippen LogP contribution in [0.4, 0.5) is 5.69 Å². The van der Waals surface area contributed by atoms with E-state index >= 15 is 0 Å². The summed E-state index contributed by atoms with van der Waals surface area (Å²) in [7, 11) is 1.62. The van der Waals surface area contributed by atoms with Gasteiger partial charge in [-0.2, -0.15) is 0 Å². The van der Waals surface area contributed by atoms with Crippen LogP contribution in [-0.4, -0.2) is 17.0 Å². The van der Waals surface area contributed by atoms with Crippen molar-refractivity contribution in [3.63, 3.8) is 0 Å². The van der Waals surface area contributed by atoms with Crippen molar-refractivity contribution in [3.8, 4) is 0 Å². The van der Waals surface area contributed by atoms with Gasteiger partial charge in [0.25, 0.3) is 5.69 Å². The summed E-state index contributed by atoms with van der Waals surface area (Å²) in [5.74, 6) is 5.41. The molecule has 0 heterocycles. The molecule has 6 heteroatoms. The van der Waals surface area contributed by atoms with Gasteiger partial charge in [-0.05, 0) is 18.6 Å². The van der Waals surface area contributed by atoms with Crippen molar-refractivity contribution in [1.82, 2.24) is 5.01 Å². The Hall–Kier alpha value is -2.08. The van der Waals surface area contributed by atoms with Gasteiger partial charge in [-0.15, -0.1) is 0 Å². The Bertz CT molecular complexity index is 440. The number of nitro groups is 1. The standard InChI is InChI=1S/C10H14N4O2/c1-7-3-8(10(11)6-13(2)12)5-9(4-7)14(15)16/h3-6H,11-12H2,1-2H3/b10-6-. The number of non-ortho nitro benzene ring substituents is 1. The monoisotopic (exact) mass is 222 g/mol. The molecule has 0 aliphatic rings. The summed E-state index contributed by atoms with van der Waals surface area (Å²) >= 11 is 0. The topological polar surface area (TPSA) is 98.4 Å². The Morgan fingerprint density at radius 1 is 1.50 bits per heavy atom. The number of nitro benzene ring substituents is 1. The zero-order chi connectivity index (χ0) is 12.3. The minimum atomic E-state index is -0.448. The summed E-state index contributed by atoms with van der Waals surface area (Å²) in [6.07, 6.45) is 1.50. The first-order valence-electron chi connectivity index (χ1n) is 4.61. The number of nitrogens with zero attached hydrogens (tertiary/aromatic N) is 2. The van der Waals surface area contributed by atoms with Crippen LogP contribution in [0.15, 0.2) is 24.4 Å². The lowest BCUT2D eigenvalue weighted by atomic mass is 10.1. The number of aryl methyl sites for hydroxylation is 1. The fraction of sp³-hybridized carbons (Fsp3) is 0.200. The zero-order valence-electron chi connectivity index (χ0n) is 9.18.